The first kappa shape index (κ1) is 40.9. The summed E-state index contributed by atoms with van der Waals surface area (Å²) in [6.45, 7) is 0. The minimum Gasteiger partial charge on any atom is -0.497 e. The third-order valence-corrected chi connectivity index (χ3v) is 13.6. The number of ether oxygens (including phenoxy) is 10. The fourth-order valence-corrected chi connectivity index (χ4v) is 11.3. The molecule has 0 radical (unpaired) electrons. The summed E-state index contributed by atoms with van der Waals surface area (Å²) >= 11 is 0. The van der Waals surface area contributed by atoms with E-state index in [-0.39, 0.29) is 29.9 Å². The van der Waals surface area contributed by atoms with Gasteiger partial charge in [-0.2, -0.15) is 0 Å². The van der Waals surface area contributed by atoms with Crippen LogP contribution in [0.4, 0.5) is 0 Å². The third-order valence-electron chi connectivity index (χ3n) is 10.3. The molecule has 300 valence electrons. The summed E-state index contributed by atoms with van der Waals surface area (Å²) in [5.74, 6) is 5.88. The first-order valence-corrected chi connectivity index (χ1v) is 19.7. The minimum atomic E-state index is -1.45. The fraction of sp³-hybridized carbons (Fsp3) is 0.311. The molecule has 1 aliphatic rings. The predicted molar refractivity (Wildman–Crippen MR) is 222 cm³/mol. The molecule has 0 amide bonds. The second-order valence-corrected chi connectivity index (χ2v) is 15.7. The Balaban J connectivity index is 1.83. The summed E-state index contributed by atoms with van der Waals surface area (Å²) in [4.78, 5) is 14.3. The Kier molecular flexibility index (Phi) is 12.9. The summed E-state index contributed by atoms with van der Waals surface area (Å²) in [6, 6.07) is 25.2. The number of carbonyl (C=O) groups is 1. The molecule has 0 aromatic heterocycles. The number of carbonyl (C=O) groups excluding carboxylic acids is 1. The second kappa shape index (κ2) is 18.0. The van der Waals surface area contributed by atoms with Crippen LogP contribution in [0, 0.1) is 0 Å². The van der Waals surface area contributed by atoms with Gasteiger partial charge in [0.15, 0.2) is 0 Å². The average molecular weight is 797 g/mol. The van der Waals surface area contributed by atoms with Crippen molar-refractivity contribution < 1.29 is 52.2 Å². The monoisotopic (exact) mass is 796 g/mol. The zero-order valence-electron chi connectivity index (χ0n) is 34.0. The summed E-state index contributed by atoms with van der Waals surface area (Å²) in [5.41, 5.74) is 4.23. The van der Waals surface area contributed by atoms with Crippen molar-refractivity contribution in [3.8, 4) is 79.7 Å². The molecule has 2 atom stereocenters. The van der Waals surface area contributed by atoms with Crippen molar-refractivity contribution >= 4 is 19.0 Å². The lowest BCUT2D eigenvalue weighted by molar-refractivity contribution is -0.119. The highest BCUT2D eigenvalue weighted by Gasteiger charge is 2.43. The molecule has 6 rings (SSSR count). The van der Waals surface area contributed by atoms with Crippen LogP contribution in [0.2, 0.25) is 0 Å². The first-order chi connectivity index (χ1) is 27.7. The Morgan fingerprint density at radius 2 is 0.719 bits per heavy atom. The van der Waals surface area contributed by atoms with Crippen LogP contribution in [0.3, 0.4) is 0 Å². The summed E-state index contributed by atoms with van der Waals surface area (Å²) < 4.78 is 59.0. The lowest BCUT2D eigenvalue weighted by Gasteiger charge is -2.41. The average Bonchev–Trinajstić information content (AvgIpc) is 3.26. The smallest absolute Gasteiger partial charge is 0.134 e. The van der Waals surface area contributed by atoms with Crippen LogP contribution >= 0.6 is 7.92 Å². The maximum atomic E-state index is 14.3. The van der Waals surface area contributed by atoms with Gasteiger partial charge in [-0.25, -0.2) is 0 Å². The second-order valence-electron chi connectivity index (χ2n) is 13.2. The van der Waals surface area contributed by atoms with Crippen LogP contribution in [0.5, 0.6) is 57.5 Å². The van der Waals surface area contributed by atoms with Crippen molar-refractivity contribution in [3.05, 3.63) is 90.0 Å². The van der Waals surface area contributed by atoms with E-state index in [2.05, 4.69) is 12.1 Å². The molecule has 1 aliphatic heterocycles. The Bertz CT molecular complexity index is 1990. The van der Waals surface area contributed by atoms with Gasteiger partial charge in [0.25, 0.3) is 0 Å². The molecule has 5 aromatic rings. The summed E-state index contributed by atoms with van der Waals surface area (Å²) in [7, 11) is 14.7. The lowest BCUT2D eigenvalue weighted by Crippen LogP contribution is -2.26. The number of hydrogen-bond acceptors (Lipinski definition) is 11. The van der Waals surface area contributed by atoms with Crippen molar-refractivity contribution in [1.29, 1.82) is 0 Å². The van der Waals surface area contributed by atoms with Gasteiger partial charge in [-0.1, -0.05) is 26.1 Å². The maximum absolute atomic E-state index is 14.3. The molecule has 11 nitrogen and oxygen atoms in total. The van der Waals surface area contributed by atoms with E-state index in [1.807, 2.05) is 66.7 Å². The molecule has 1 fully saturated rings. The molecular formula is C45H49O11P. The van der Waals surface area contributed by atoms with E-state index in [0.29, 0.717) is 68.6 Å². The molecule has 0 N–H and O–H groups in total. The van der Waals surface area contributed by atoms with E-state index >= 15 is 0 Å². The highest BCUT2D eigenvalue weighted by molar-refractivity contribution is 7.67. The highest BCUT2D eigenvalue weighted by Crippen LogP contribution is 2.69. The molecule has 0 bridgehead atoms. The molecule has 2 unspecified atom stereocenters. The van der Waals surface area contributed by atoms with Gasteiger partial charge in [0.05, 0.1) is 82.2 Å². The molecule has 57 heavy (non-hydrogen) atoms. The van der Waals surface area contributed by atoms with Crippen molar-refractivity contribution in [1.82, 2.24) is 0 Å². The van der Waals surface area contributed by atoms with E-state index in [4.69, 9.17) is 47.4 Å². The van der Waals surface area contributed by atoms with E-state index in [1.54, 1.807) is 71.1 Å². The largest absolute Gasteiger partial charge is 0.497 e. The fourth-order valence-electron chi connectivity index (χ4n) is 7.61. The normalized spacial score (nSPS) is 16.3. The van der Waals surface area contributed by atoms with Crippen molar-refractivity contribution in [2.45, 2.75) is 24.2 Å². The van der Waals surface area contributed by atoms with E-state index in [0.717, 1.165) is 27.6 Å². The van der Waals surface area contributed by atoms with Gasteiger partial charge >= 0.3 is 0 Å². The summed E-state index contributed by atoms with van der Waals surface area (Å²) in [5, 5.41) is 0.960. The van der Waals surface area contributed by atoms with Gasteiger partial charge in [0.1, 0.15) is 63.3 Å². The quantitative estimate of drug-likeness (QED) is 0.0947. The molecule has 1 heterocycles. The van der Waals surface area contributed by atoms with Gasteiger partial charge in [-0.3, -0.25) is 4.79 Å². The number of rotatable bonds is 15. The zero-order valence-corrected chi connectivity index (χ0v) is 34.9. The van der Waals surface area contributed by atoms with Crippen LogP contribution in [0.15, 0.2) is 78.9 Å². The van der Waals surface area contributed by atoms with E-state index < -0.39 is 7.92 Å². The van der Waals surface area contributed by atoms with Gasteiger partial charge < -0.3 is 47.4 Å². The Labute approximate surface area is 335 Å². The van der Waals surface area contributed by atoms with Gasteiger partial charge in [0, 0.05) is 60.6 Å². The van der Waals surface area contributed by atoms with Crippen molar-refractivity contribution in [2.24, 2.45) is 0 Å². The van der Waals surface area contributed by atoms with E-state index in [9.17, 15) is 4.79 Å². The van der Waals surface area contributed by atoms with Crippen LogP contribution in [0.1, 0.15) is 35.3 Å². The summed E-state index contributed by atoms with van der Waals surface area (Å²) in [6.07, 6.45) is 0.530. The standard InChI is InChI=1S/C45H49O11P/c1-47-29-14-26(15-30(20-29)48-2)41-18-28(46)19-42(27-16-31(49-3)21-32(17-27)50-4)57(41)45-35(43-37(53-7)22-33(51-5)23-38(43)54-8)12-11-13-36(45)44-39(55-9)24-34(52-6)25-40(44)56-10/h11-17,20-25,41-42H,18-19H2,1-10H3. The van der Waals surface area contributed by atoms with Gasteiger partial charge in [-0.15, -0.1) is 0 Å². The predicted octanol–water partition coefficient (Wildman–Crippen LogP) is 9.06. The first-order valence-electron chi connectivity index (χ1n) is 18.2. The molecule has 0 aliphatic carbocycles. The number of Topliss-reactive ketones (excluding diaryl/α,β-unsaturated/α-hetero) is 1. The maximum Gasteiger partial charge on any atom is 0.134 e. The Hall–Kier alpha value is -5.80. The number of benzene rings is 5. The SMILES string of the molecule is COc1cc(OC)cc(C2CC(=O)CC(c3cc(OC)cc(OC)c3)P2c2c(-c3c(OC)cc(OC)cc3OC)cccc2-c2c(OC)cc(OC)cc2OC)c1. The molecule has 0 spiro atoms. The number of hydrogen-bond donors (Lipinski definition) is 0. The van der Waals surface area contributed by atoms with Crippen molar-refractivity contribution in [3.63, 3.8) is 0 Å². The molecule has 12 heteroatoms. The molecular weight excluding hydrogens is 747 g/mol. The minimum absolute atomic E-state index is 0.116. The lowest BCUT2D eigenvalue weighted by atomic mass is 9.95. The molecule has 5 aromatic carbocycles. The van der Waals surface area contributed by atoms with Crippen LogP contribution < -0.4 is 52.7 Å². The zero-order chi connectivity index (χ0) is 40.8. The van der Waals surface area contributed by atoms with Crippen LogP contribution in [-0.2, 0) is 4.79 Å². The topological polar surface area (TPSA) is 109 Å². The van der Waals surface area contributed by atoms with Crippen LogP contribution in [0.25, 0.3) is 22.3 Å². The van der Waals surface area contributed by atoms with Crippen LogP contribution in [-0.4, -0.2) is 76.9 Å². The van der Waals surface area contributed by atoms with Gasteiger partial charge in [-0.05, 0) is 51.8 Å². The molecule has 0 saturated carbocycles. The number of ketones is 1. The Morgan fingerprint density at radius 3 is 1.00 bits per heavy atom. The highest BCUT2D eigenvalue weighted by atomic mass is 31.1. The molecule has 1 saturated heterocycles. The van der Waals surface area contributed by atoms with E-state index in [1.165, 1.54) is 0 Å². The van der Waals surface area contributed by atoms with Gasteiger partial charge in [0.2, 0.25) is 0 Å². The van der Waals surface area contributed by atoms with Crippen molar-refractivity contribution in [2.75, 3.05) is 71.1 Å². The Morgan fingerprint density at radius 1 is 0.421 bits per heavy atom. The third kappa shape index (κ3) is 8.07. The number of methoxy groups -OCH3 is 10.